The molecule has 7 nitrogen and oxygen atoms in total. The maximum atomic E-state index is 12.6. The van der Waals surface area contributed by atoms with Gasteiger partial charge in [0.25, 0.3) is 5.91 Å². The lowest BCUT2D eigenvalue weighted by atomic mass is 10.0. The van der Waals surface area contributed by atoms with Gasteiger partial charge >= 0.3 is 6.03 Å². The van der Waals surface area contributed by atoms with Crippen LogP contribution in [0.5, 0.6) is 5.75 Å². The second-order valence-electron chi connectivity index (χ2n) is 6.81. The molecule has 0 saturated carbocycles. The molecule has 148 valence electrons. The number of urea groups is 1. The second-order valence-corrected chi connectivity index (χ2v) is 6.81. The molecule has 0 aromatic heterocycles. The van der Waals surface area contributed by atoms with Crippen LogP contribution in [-0.4, -0.2) is 43.6 Å². The maximum Gasteiger partial charge on any atom is 0.316 e. The van der Waals surface area contributed by atoms with Crippen LogP contribution in [-0.2, 0) is 0 Å². The number of nitrogens with two attached hydrogens (primary N) is 1. The molecular formula is C21H26N4O3. The van der Waals surface area contributed by atoms with Gasteiger partial charge in [0.1, 0.15) is 5.75 Å². The van der Waals surface area contributed by atoms with Crippen molar-refractivity contribution in [3.63, 3.8) is 0 Å². The smallest absolute Gasteiger partial charge is 0.316 e. The first-order chi connectivity index (χ1) is 13.6. The van der Waals surface area contributed by atoms with E-state index in [4.69, 9.17) is 10.5 Å². The van der Waals surface area contributed by atoms with Crippen molar-refractivity contribution >= 4 is 17.6 Å². The van der Waals surface area contributed by atoms with Crippen molar-refractivity contribution in [1.29, 1.82) is 0 Å². The molecule has 28 heavy (non-hydrogen) atoms. The molecule has 4 N–H and O–H groups in total. The summed E-state index contributed by atoms with van der Waals surface area (Å²) in [6, 6.07) is 14.1. The lowest BCUT2D eigenvalue weighted by Gasteiger charge is -2.28. The quantitative estimate of drug-likeness (QED) is 0.686. The Balaban J connectivity index is 1.70. The largest absolute Gasteiger partial charge is 0.497 e. The van der Waals surface area contributed by atoms with Gasteiger partial charge in [-0.25, -0.2) is 4.79 Å². The molecule has 0 bridgehead atoms. The Morgan fingerprint density at radius 2 is 1.86 bits per heavy atom. The van der Waals surface area contributed by atoms with E-state index >= 15 is 0 Å². The van der Waals surface area contributed by atoms with Gasteiger partial charge in [-0.1, -0.05) is 18.2 Å². The molecule has 1 saturated heterocycles. The standard InChI is InChI=1S/C21H26N4O3/c1-28-18-9-7-15(8-10-18)19(25-11-2-3-12-25)14-23-20(26)16-5-4-6-17(13-16)24-21(22)27/h4-10,13,19H,2-3,11-12,14H2,1H3,(H,23,26)(H3,22,24,27). The van der Waals surface area contributed by atoms with Crippen LogP contribution in [0, 0.1) is 0 Å². The normalized spacial score (nSPS) is 15.0. The monoisotopic (exact) mass is 382 g/mol. The minimum atomic E-state index is -0.661. The number of carbonyl (C=O) groups is 2. The molecule has 2 aromatic carbocycles. The number of amides is 3. The van der Waals surface area contributed by atoms with E-state index < -0.39 is 6.03 Å². The highest BCUT2D eigenvalue weighted by atomic mass is 16.5. The highest BCUT2D eigenvalue weighted by Crippen LogP contribution is 2.26. The van der Waals surface area contributed by atoms with E-state index in [2.05, 4.69) is 15.5 Å². The van der Waals surface area contributed by atoms with Crippen molar-refractivity contribution in [2.24, 2.45) is 5.73 Å². The van der Waals surface area contributed by atoms with Crippen molar-refractivity contribution in [2.75, 3.05) is 32.1 Å². The molecule has 1 fully saturated rings. The first-order valence-corrected chi connectivity index (χ1v) is 9.39. The van der Waals surface area contributed by atoms with Gasteiger partial charge in [-0.2, -0.15) is 0 Å². The number of nitrogens with zero attached hydrogens (tertiary/aromatic N) is 1. The number of hydrogen-bond donors (Lipinski definition) is 3. The summed E-state index contributed by atoms with van der Waals surface area (Å²) in [5.74, 6) is 0.623. The number of methoxy groups -OCH3 is 1. The summed E-state index contributed by atoms with van der Waals surface area (Å²) in [6.07, 6.45) is 2.34. The van der Waals surface area contributed by atoms with Gasteiger partial charge in [-0.15, -0.1) is 0 Å². The van der Waals surface area contributed by atoms with Crippen LogP contribution in [0.4, 0.5) is 10.5 Å². The zero-order chi connectivity index (χ0) is 19.9. The van der Waals surface area contributed by atoms with E-state index in [-0.39, 0.29) is 11.9 Å². The highest BCUT2D eigenvalue weighted by molar-refractivity contribution is 5.96. The predicted octanol–water partition coefficient (Wildman–Crippen LogP) is 2.75. The van der Waals surface area contributed by atoms with Crippen LogP contribution < -0.4 is 21.1 Å². The molecule has 0 aliphatic carbocycles. The number of benzene rings is 2. The summed E-state index contributed by atoms with van der Waals surface area (Å²) >= 11 is 0. The van der Waals surface area contributed by atoms with Crippen molar-refractivity contribution in [2.45, 2.75) is 18.9 Å². The molecule has 0 spiro atoms. The highest BCUT2D eigenvalue weighted by Gasteiger charge is 2.24. The van der Waals surface area contributed by atoms with Crippen molar-refractivity contribution in [3.8, 4) is 5.75 Å². The summed E-state index contributed by atoms with van der Waals surface area (Å²) < 4.78 is 5.25. The van der Waals surface area contributed by atoms with Crippen LogP contribution in [0.1, 0.15) is 34.8 Å². The van der Waals surface area contributed by atoms with Crippen LogP contribution in [0.15, 0.2) is 48.5 Å². The van der Waals surface area contributed by atoms with E-state index in [1.165, 1.54) is 12.8 Å². The Morgan fingerprint density at radius 3 is 2.50 bits per heavy atom. The molecule has 2 aromatic rings. The van der Waals surface area contributed by atoms with Gasteiger partial charge in [0.15, 0.2) is 0 Å². The minimum Gasteiger partial charge on any atom is -0.497 e. The third-order valence-corrected chi connectivity index (χ3v) is 4.93. The molecule has 3 rings (SSSR count). The first-order valence-electron chi connectivity index (χ1n) is 9.39. The fourth-order valence-corrected chi connectivity index (χ4v) is 3.51. The van der Waals surface area contributed by atoms with Gasteiger partial charge < -0.3 is 21.1 Å². The third kappa shape index (κ3) is 5.01. The number of likely N-dealkylation sites (tertiary alicyclic amines) is 1. The summed E-state index contributed by atoms with van der Waals surface area (Å²) in [5, 5.41) is 5.51. The van der Waals surface area contributed by atoms with Gasteiger partial charge in [0.05, 0.1) is 13.2 Å². The Labute approximate surface area is 164 Å². The first kappa shape index (κ1) is 19.7. The van der Waals surface area contributed by atoms with E-state index in [9.17, 15) is 9.59 Å². The SMILES string of the molecule is COc1ccc(C(CNC(=O)c2cccc(NC(N)=O)c2)N2CCCC2)cc1. The number of ether oxygens (including phenoxy) is 1. The summed E-state index contributed by atoms with van der Waals surface area (Å²) in [6.45, 7) is 2.54. The van der Waals surface area contributed by atoms with Gasteiger partial charge in [0, 0.05) is 17.8 Å². The number of anilines is 1. The van der Waals surface area contributed by atoms with E-state index in [0.29, 0.717) is 17.8 Å². The Hall–Kier alpha value is -3.06. The Kier molecular flexibility index (Phi) is 6.49. The molecule has 1 aliphatic heterocycles. The maximum absolute atomic E-state index is 12.6. The van der Waals surface area contributed by atoms with Crippen LogP contribution >= 0.6 is 0 Å². The summed E-state index contributed by atoms with van der Waals surface area (Å²) in [4.78, 5) is 26.0. The minimum absolute atomic E-state index is 0.101. The molecule has 0 radical (unpaired) electrons. The lowest BCUT2D eigenvalue weighted by molar-refractivity contribution is 0.0938. The molecule has 7 heteroatoms. The fraction of sp³-hybridized carbons (Fsp3) is 0.333. The molecule has 1 aliphatic rings. The van der Waals surface area contributed by atoms with Crippen molar-refractivity contribution in [1.82, 2.24) is 10.2 Å². The molecule has 1 atom stereocenters. The van der Waals surface area contributed by atoms with Gasteiger partial charge in [-0.05, 0) is 61.8 Å². The van der Waals surface area contributed by atoms with Crippen LogP contribution in [0.25, 0.3) is 0 Å². The Bertz CT molecular complexity index is 817. The van der Waals surface area contributed by atoms with E-state index in [1.807, 2.05) is 24.3 Å². The van der Waals surface area contributed by atoms with Crippen LogP contribution in [0.2, 0.25) is 0 Å². The average Bonchev–Trinajstić information content (AvgIpc) is 3.22. The van der Waals surface area contributed by atoms with E-state index in [0.717, 1.165) is 24.4 Å². The fourth-order valence-electron chi connectivity index (χ4n) is 3.51. The number of nitrogens with one attached hydrogen (secondary N) is 2. The van der Waals surface area contributed by atoms with Crippen molar-refractivity contribution < 1.29 is 14.3 Å². The molecule has 1 unspecified atom stereocenters. The molecule has 1 heterocycles. The Morgan fingerprint density at radius 1 is 1.14 bits per heavy atom. The lowest BCUT2D eigenvalue weighted by Crippen LogP contribution is -2.36. The molecular weight excluding hydrogens is 356 g/mol. The van der Waals surface area contributed by atoms with E-state index in [1.54, 1.807) is 31.4 Å². The predicted molar refractivity (Wildman–Crippen MR) is 109 cm³/mol. The number of carbonyl (C=O) groups excluding carboxylic acids is 2. The molecule has 3 amide bonds. The van der Waals surface area contributed by atoms with Crippen molar-refractivity contribution in [3.05, 3.63) is 59.7 Å². The van der Waals surface area contributed by atoms with Crippen LogP contribution in [0.3, 0.4) is 0 Å². The third-order valence-electron chi connectivity index (χ3n) is 4.93. The van der Waals surface area contributed by atoms with Gasteiger partial charge in [-0.3, -0.25) is 9.69 Å². The summed E-state index contributed by atoms with van der Waals surface area (Å²) in [5.41, 5.74) is 7.25. The topological polar surface area (TPSA) is 96.7 Å². The number of rotatable bonds is 7. The second kappa shape index (κ2) is 9.23. The number of primary amides is 1. The zero-order valence-electron chi connectivity index (χ0n) is 16.0. The number of hydrogen-bond acceptors (Lipinski definition) is 4. The van der Waals surface area contributed by atoms with Gasteiger partial charge in [0.2, 0.25) is 0 Å². The average molecular weight is 382 g/mol. The zero-order valence-corrected chi connectivity index (χ0v) is 16.0. The summed E-state index contributed by atoms with van der Waals surface area (Å²) in [7, 11) is 1.65.